The van der Waals surface area contributed by atoms with E-state index >= 15 is 0 Å². The van der Waals surface area contributed by atoms with Gasteiger partial charge in [0.05, 0.1) is 13.2 Å². The van der Waals surface area contributed by atoms with E-state index in [1.165, 1.54) is 0 Å². The number of rotatable bonds is 4. The van der Waals surface area contributed by atoms with E-state index in [1.54, 1.807) is 0 Å². The van der Waals surface area contributed by atoms with Crippen LogP contribution in [-0.2, 0) is 14.3 Å². The van der Waals surface area contributed by atoms with E-state index in [-0.39, 0.29) is 12.5 Å². The monoisotopic (exact) mass is 178 g/mol. The molecule has 70 valence electrons. The molecule has 5 heteroatoms. The first kappa shape index (κ1) is 9.41. The van der Waals surface area contributed by atoms with Crippen molar-refractivity contribution < 1.29 is 23.8 Å². The molecule has 0 aromatic rings. The maximum Gasteiger partial charge on any atom is 0.366 e. The van der Waals surface area contributed by atoms with Crippen molar-refractivity contribution in [2.75, 3.05) is 19.8 Å². The summed E-state index contributed by atoms with van der Waals surface area (Å²) in [4.78, 5) is 9.97. The normalized spacial score (nSPS) is 25.6. The molecular formula is C7H11FO4. The van der Waals surface area contributed by atoms with Gasteiger partial charge in [0, 0.05) is 12.5 Å². The number of carbonyl (C=O) groups is 1. The van der Waals surface area contributed by atoms with Gasteiger partial charge in [-0.25, -0.2) is 9.18 Å². The number of carboxylic acids is 1. The van der Waals surface area contributed by atoms with Crippen LogP contribution in [0.5, 0.6) is 0 Å². The molecule has 12 heavy (non-hydrogen) atoms. The van der Waals surface area contributed by atoms with Crippen molar-refractivity contribution in [3.63, 3.8) is 0 Å². The molecule has 0 spiro atoms. The number of hydrogen-bond acceptors (Lipinski definition) is 3. The summed E-state index contributed by atoms with van der Waals surface area (Å²) in [5.41, 5.74) is 0. The van der Waals surface area contributed by atoms with E-state index in [0.717, 1.165) is 6.42 Å². The van der Waals surface area contributed by atoms with Gasteiger partial charge in [0.1, 0.15) is 0 Å². The molecule has 1 N–H and O–H groups in total. The Morgan fingerprint density at radius 2 is 2.58 bits per heavy atom. The van der Waals surface area contributed by atoms with Crippen molar-refractivity contribution in [1.29, 1.82) is 0 Å². The molecule has 4 nitrogen and oxygen atoms in total. The zero-order chi connectivity index (χ0) is 8.97. The molecule has 1 aliphatic heterocycles. The summed E-state index contributed by atoms with van der Waals surface area (Å²) >= 11 is 0. The van der Waals surface area contributed by atoms with Crippen LogP contribution in [-0.4, -0.2) is 37.3 Å². The summed E-state index contributed by atoms with van der Waals surface area (Å²) in [6.07, 6.45) is -1.39. The summed E-state index contributed by atoms with van der Waals surface area (Å²) in [7, 11) is 0. The molecular weight excluding hydrogens is 167 g/mol. The zero-order valence-electron chi connectivity index (χ0n) is 6.53. The Morgan fingerprint density at radius 3 is 3.08 bits per heavy atom. The van der Waals surface area contributed by atoms with Crippen molar-refractivity contribution in [3.8, 4) is 0 Å². The maximum absolute atomic E-state index is 12.3. The topological polar surface area (TPSA) is 55.8 Å². The van der Waals surface area contributed by atoms with E-state index in [1.807, 2.05) is 0 Å². The third kappa shape index (κ3) is 2.75. The van der Waals surface area contributed by atoms with Gasteiger partial charge in [-0.2, -0.15) is 0 Å². The van der Waals surface area contributed by atoms with Crippen molar-refractivity contribution in [2.24, 2.45) is 5.92 Å². The van der Waals surface area contributed by atoms with Crippen molar-refractivity contribution in [3.05, 3.63) is 0 Å². The fraction of sp³-hybridized carbons (Fsp3) is 0.857. The Bertz CT molecular complexity index is 155. The maximum atomic E-state index is 12.3. The van der Waals surface area contributed by atoms with Crippen molar-refractivity contribution in [2.45, 2.75) is 12.8 Å². The highest BCUT2D eigenvalue weighted by Gasteiger charge is 2.21. The van der Waals surface area contributed by atoms with Crippen LogP contribution in [0.3, 0.4) is 0 Å². The van der Waals surface area contributed by atoms with Crippen LogP contribution in [0, 0.1) is 5.92 Å². The van der Waals surface area contributed by atoms with E-state index in [9.17, 15) is 9.18 Å². The van der Waals surface area contributed by atoms with Crippen molar-refractivity contribution >= 4 is 5.97 Å². The molecule has 0 saturated carbocycles. The second-order valence-electron chi connectivity index (χ2n) is 2.72. The second kappa shape index (κ2) is 4.37. The van der Waals surface area contributed by atoms with Crippen LogP contribution >= 0.6 is 0 Å². The van der Waals surface area contributed by atoms with E-state index in [4.69, 9.17) is 9.84 Å². The molecule has 0 amide bonds. The van der Waals surface area contributed by atoms with Gasteiger partial charge in [0.15, 0.2) is 0 Å². The number of alkyl halides is 1. The lowest BCUT2D eigenvalue weighted by Gasteiger charge is -2.08. The molecule has 1 rings (SSSR count). The summed E-state index contributed by atoms with van der Waals surface area (Å²) in [6, 6.07) is 0. The van der Waals surface area contributed by atoms with Gasteiger partial charge in [-0.05, 0) is 6.42 Å². The van der Waals surface area contributed by atoms with Crippen LogP contribution in [0.25, 0.3) is 0 Å². The molecule has 1 heterocycles. The van der Waals surface area contributed by atoms with Gasteiger partial charge in [-0.15, -0.1) is 0 Å². The average Bonchev–Trinajstić information content (AvgIpc) is 2.51. The highest BCUT2D eigenvalue weighted by molar-refractivity contribution is 5.70. The minimum Gasteiger partial charge on any atom is -0.477 e. The van der Waals surface area contributed by atoms with Gasteiger partial charge in [0.2, 0.25) is 0 Å². The number of hydrogen-bond donors (Lipinski definition) is 1. The molecule has 0 aromatic heterocycles. The first-order chi connectivity index (χ1) is 5.70. The lowest BCUT2D eigenvalue weighted by atomic mass is 10.1. The van der Waals surface area contributed by atoms with Gasteiger partial charge in [0.25, 0.3) is 6.36 Å². The van der Waals surface area contributed by atoms with Crippen LogP contribution < -0.4 is 0 Å². The molecule has 2 atom stereocenters. The third-order valence-electron chi connectivity index (χ3n) is 1.70. The quantitative estimate of drug-likeness (QED) is 0.677. The predicted octanol–water partition coefficient (Wildman–Crippen LogP) is 0.420. The van der Waals surface area contributed by atoms with E-state index in [0.29, 0.717) is 13.2 Å². The summed E-state index contributed by atoms with van der Waals surface area (Å²) in [5, 5.41) is 8.12. The summed E-state index contributed by atoms with van der Waals surface area (Å²) < 4.78 is 21.8. The molecule has 0 radical (unpaired) electrons. The van der Waals surface area contributed by atoms with Gasteiger partial charge in [-0.1, -0.05) is 0 Å². The molecule has 0 bridgehead atoms. The molecule has 1 saturated heterocycles. The lowest BCUT2D eigenvalue weighted by molar-refractivity contribution is -0.164. The molecule has 2 unspecified atom stereocenters. The number of carboxylic acid groups (broad SMARTS) is 1. The summed E-state index contributed by atoms with van der Waals surface area (Å²) in [6.45, 7) is 1.30. The number of aliphatic carboxylic acids is 1. The highest BCUT2D eigenvalue weighted by atomic mass is 19.1. The Balaban J connectivity index is 2.11. The molecule has 1 fully saturated rings. The Hall–Kier alpha value is -0.680. The lowest BCUT2D eigenvalue weighted by Crippen LogP contribution is -2.22. The predicted molar refractivity (Wildman–Crippen MR) is 37.4 cm³/mol. The molecule has 0 aromatic carbocycles. The molecule has 1 aliphatic rings. The van der Waals surface area contributed by atoms with Gasteiger partial charge >= 0.3 is 5.97 Å². The largest absolute Gasteiger partial charge is 0.477 e. The first-order valence-corrected chi connectivity index (χ1v) is 3.76. The Morgan fingerprint density at radius 1 is 1.83 bits per heavy atom. The van der Waals surface area contributed by atoms with Crippen molar-refractivity contribution in [1.82, 2.24) is 0 Å². The van der Waals surface area contributed by atoms with Crippen LogP contribution in [0.4, 0.5) is 4.39 Å². The Kier molecular flexibility index (Phi) is 3.43. The summed E-state index contributed by atoms with van der Waals surface area (Å²) in [5.74, 6) is -1.43. The van der Waals surface area contributed by atoms with Crippen LogP contribution in [0.1, 0.15) is 6.42 Å². The Labute approximate surface area is 69.3 Å². The second-order valence-corrected chi connectivity index (χ2v) is 2.72. The van der Waals surface area contributed by atoms with Crippen LogP contribution in [0.15, 0.2) is 0 Å². The smallest absolute Gasteiger partial charge is 0.366 e. The average molecular weight is 178 g/mol. The SMILES string of the molecule is O=C(O)C(F)OCC1CCOC1. The van der Waals surface area contributed by atoms with Gasteiger partial charge in [-0.3, -0.25) is 0 Å². The third-order valence-corrected chi connectivity index (χ3v) is 1.70. The minimum absolute atomic E-state index is 0.119. The van der Waals surface area contributed by atoms with E-state index in [2.05, 4.69) is 4.74 Å². The first-order valence-electron chi connectivity index (χ1n) is 3.76. The van der Waals surface area contributed by atoms with E-state index < -0.39 is 12.3 Å². The number of halogens is 1. The fourth-order valence-electron chi connectivity index (χ4n) is 1.01. The standard InChI is InChI=1S/C7H11FO4/c8-6(7(9)10)12-4-5-1-2-11-3-5/h5-6H,1-4H2,(H,9,10). The minimum atomic E-state index is -2.20. The van der Waals surface area contributed by atoms with Crippen LogP contribution in [0.2, 0.25) is 0 Å². The zero-order valence-corrected chi connectivity index (χ0v) is 6.53. The van der Waals surface area contributed by atoms with Gasteiger partial charge < -0.3 is 14.6 Å². The number of ether oxygens (including phenoxy) is 2. The molecule has 0 aliphatic carbocycles. The highest BCUT2D eigenvalue weighted by Crippen LogP contribution is 2.13. The fourth-order valence-corrected chi connectivity index (χ4v) is 1.01.